The molecule has 8 heteroatoms. The fourth-order valence-electron chi connectivity index (χ4n) is 3.54. The van der Waals surface area contributed by atoms with E-state index in [1.807, 2.05) is 25.1 Å². The highest BCUT2D eigenvalue weighted by atomic mass is 19.3. The zero-order valence-corrected chi connectivity index (χ0v) is 15.9. The lowest BCUT2D eigenvalue weighted by Crippen LogP contribution is -2.26. The normalized spacial score (nSPS) is 18.7. The number of rotatable bonds is 6. The zero-order valence-electron chi connectivity index (χ0n) is 15.9. The molecule has 1 fully saturated rings. The predicted molar refractivity (Wildman–Crippen MR) is 102 cm³/mol. The number of anilines is 1. The highest BCUT2D eigenvalue weighted by molar-refractivity contribution is 6.14. The standard InChI is InChI=1S/C20H22F2N4O2/c1-13(10-27-2)28-15-4-3-14-9-23-19(16(14)7-15)17-8-18(25-12-24-17)26-6-5-20(21,22)11-26/h3-4,7-8,12-13H,5-6,9-11H2,1-2H3/t13-/m0/s1. The highest BCUT2D eigenvalue weighted by Crippen LogP contribution is 2.31. The van der Waals surface area contributed by atoms with Gasteiger partial charge in [0.2, 0.25) is 0 Å². The van der Waals surface area contributed by atoms with E-state index in [-0.39, 0.29) is 25.6 Å². The summed E-state index contributed by atoms with van der Waals surface area (Å²) < 4.78 is 38.1. The number of ether oxygens (including phenoxy) is 2. The molecule has 0 spiro atoms. The number of alkyl halides is 2. The van der Waals surface area contributed by atoms with Crippen LogP contribution in [-0.2, 0) is 11.3 Å². The van der Waals surface area contributed by atoms with E-state index in [2.05, 4.69) is 15.0 Å². The molecule has 0 amide bonds. The Hall–Kier alpha value is -2.61. The lowest BCUT2D eigenvalue weighted by molar-refractivity contribution is 0.0256. The minimum absolute atomic E-state index is 0.0765. The number of aliphatic imine (C=N–C) groups is 1. The van der Waals surface area contributed by atoms with Crippen LogP contribution in [0.1, 0.15) is 30.2 Å². The van der Waals surface area contributed by atoms with Crippen molar-refractivity contribution in [1.29, 1.82) is 0 Å². The molecule has 2 aliphatic heterocycles. The molecule has 0 unspecified atom stereocenters. The third-order valence-corrected chi connectivity index (χ3v) is 4.87. The number of hydrogen-bond donors (Lipinski definition) is 0. The van der Waals surface area contributed by atoms with Gasteiger partial charge in [-0.2, -0.15) is 0 Å². The fourth-order valence-corrected chi connectivity index (χ4v) is 3.54. The van der Waals surface area contributed by atoms with E-state index < -0.39 is 5.92 Å². The Bertz CT molecular complexity index is 904. The van der Waals surface area contributed by atoms with Gasteiger partial charge in [-0.25, -0.2) is 18.7 Å². The predicted octanol–water partition coefficient (Wildman–Crippen LogP) is 3.09. The van der Waals surface area contributed by atoms with Gasteiger partial charge in [-0.05, 0) is 24.6 Å². The molecule has 0 saturated carbocycles. The van der Waals surface area contributed by atoms with Gasteiger partial charge in [0.15, 0.2) is 0 Å². The number of benzene rings is 1. The van der Waals surface area contributed by atoms with Crippen LogP contribution >= 0.6 is 0 Å². The van der Waals surface area contributed by atoms with E-state index in [0.717, 1.165) is 22.6 Å². The Labute approximate surface area is 162 Å². The van der Waals surface area contributed by atoms with E-state index >= 15 is 0 Å². The molecule has 1 aromatic heterocycles. The first kappa shape index (κ1) is 18.7. The number of aromatic nitrogens is 2. The molecule has 6 nitrogen and oxygen atoms in total. The first-order valence-electron chi connectivity index (χ1n) is 9.24. The van der Waals surface area contributed by atoms with Crippen molar-refractivity contribution in [1.82, 2.24) is 9.97 Å². The molecule has 1 saturated heterocycles. The summed E-state index contributed by atoms with van der Waals surface area (Å²) in [5.41, 5.74) is 3.38. The van der Waals surface area contributed by atoms with Crippen molar-refractivity contribution in [3.8, 4) is 5.75 Å². The Morgan fingerprint density at radius 3 is 2.86 bits per heavy atom. The van der Waals surface area contributed by atoms with E-state index in [1.165, 1.54) is 6.33 Å². The first-order valence-corrected chi connectivity index (χ1v) is 9.24. The van der Waals surface area contributed by atoms with Crippen LogP contribution in [0.5, 0.6) is 5.75 Å². The summed E-state index contributed by atoms with van der Waals surface area (Å²) in [7, 11) is 1.64. The van der Waals surface area contributed by atoms with Crippen molar-refractivity contribution in [2.75, 3.05) is 31.7 Å². The lowest BCUT2D eigenvalue weighted by Gasteiger charge is -2.17. The summed E-state index contributed by atoms with van der Waals surface area (Å²) >= 11 is 0. The molecule has 1 aromatic carbocycles. The fraction of sp³-hybridized carbons (Fsp3) is 0.450. The zero-order chi connectivity index (χ0) is 19.7. The van der Waals surface area contributed by atoms with E-state index in [4.69, 9.17) is 9.47 Å². The average Bonchev–Trinajstić information content (AvgIpc) is 3.24. The average molecular weight is 388 g/mol. The second-order valence-corrected chi connectivity index (χ2v) is 7.16. The molecular formula is C20H22F2N4O2. The van der Waals surface area contributed by atoms with Gasteiger partial charge in [-0.15, -0.1) is 0 Å². The van der Waals surface area contributed by atoms with Gasteiger partial charge in [0.25, 0.3) is 5.92 Å². The number of hydrogen-bond acceptors (Lipinski definition) is 6. The largest absolute Gasteiger partial charge is 0.488 e. The van der Waals surface area contributed by atoms with Crippen LogP contribution in [0.15, 0.2) is 35.6 Å². The van der Waals surface area contributed by atoms with Gasteiger partial charge in [-0.1, -0.05) is 6.07 Å². The maximum Gasteiger partial charge on any atom is 0.266 e. The second-order valence-electron chi connectivity index (χ2n) is 7.16. The molecular weight excluding hydrogens is 366 g/mol. The molecule has 2 aliphatic rings. The second kappa shape index (κ2) is 7.43. The van der Waals surface area contributed by atoms with Crippen LogP contribution in [-0.4, -0.2) is 54.5 Å². The van der Waals surface area contributed by atoms with Crippen LogP contribution < -0.4 is 9.64 Å². The van der Waals surface area contributed by atoms with E-state index in [0.29, 0.717) is 24.7 Å². The minimum atomic E-state index is -2.67. The molecule has 1 atom stereocenters. The Kier molecular flexibility index (Phi) is 4.97. The highest BCUT2D eigenvalue weighted by Gasteiger charge is 2.39. The monoisotopic (exact) mass is 388 g/mol. The summed E-state index contributed by atoms with van der Waals surface area (Å²) in [6.45, 7) is 2.95. The number of fused-ring (bicyclic) bond motifs is 1. The molecule has 3 heterocycles. The number of nitrogens with zero attached hydrogens (tertiary/aromatic N) is 4. The Morgan fingerprint density at radius 1 is 1.25 bits per heavy atom. The number of halogens is 2. The third-order valence-electron chi connectivity index (χ3n) is 4.87. The maximum absolute atomic E-state index is 13.6. The molecule has 0 radical (unpaired) electrons. The molecule has 2 aromatic rings. The first-order chi connectivity index (χ1) is 13.4. The number of methoxy groups -OCH3 is 1. The molecule has 4 rings (SSSR count). The van der Waals surface area contributed by atoms with Gasteiger partial charge in [0.05, 0.1) is 31.1 Å². The van der Waals surface area contributed by atoms with Crippen molar-refractivity contribution in [2.45, 2.75) is 31.9 Å². The third kappa shape index (κ3) is 3.82. The minimum Gasteiger partial charge on any atom is -0.488 e. The maximum atomic E-state index is 13.6. The van der Waals surface area contributed by atoms with Crippen molar-refractivity contribution in [3.05, 3.63) is 47.4 Å². The molecule has 28 heavy (non-hydrogen) atoms. The quantitative estimate of drug-likeness (QED) is 0.761. The van der Waals surface area contributed by atoms with Crippen LogP contribution in [0.3, 0.4) is 0 Å². The summed E-state index contributed by atoms with van der Waals surface area (Å²) in [6, 6.07) is 7.58. The van der Waals surface area contributed by atoms with Gasteiger partial charge in [0.1, 0.15) is 24.0 Å². The van der Waals surface area contributed by atoms with E-state index in [9.17, 15) is 8.78 Å². The van der Waals surface area contributed by atoms with Gasteiger partial charge in [0, 0.05) is 31.7 Å². The van der Waals surface area contributed by atoms with Crippen LogP contribution in [0.4, 0.5) is 14.6 Å². The smallest absolute Gasteiger partial charge is 0.266 e. The van der Waals surface area contributed by atoms with Gasteiger partial charge in [-0.3, -0.25) is 4.99 Å². The van der Waals surface area contributed by atoms with Crippen LogP contribution in [0.25, 0.3) is 0 Å². The Balaban J connectivity index is 1.58. The van der Waals surface area contributed by atoms with Crippen LogP contribution in [0.2, 0.25) is 0 Å². The molecule has 148 valence electrons. The van der Waals surface area contributed by atoms with Crippen molar-refractivity contribution < 1.29 is 18.3 Å². The summed E-state index contributed by atoms with van der Waals surface area (Å²) in [5, 5.41) is 0. The molecule has 0 bridgehead atoms. The van der Waals surface area contributed by atoms with Crippen LogP contribution in [0, 0.1) is 0 Å². The Morgan fingerprint density at radius 2 is 2.11 bits per heavy atom. The lowest BCUT2D eigenvalue weighted by atomic mass is 10.0. The summed E-state index contributed by atoms with van der Waals surface area (Å²) in [4.78, 5) is 14.7. The summed E-state index contributed by atoms with van der Waals surface area (Å²) in [6.07, 6.45) is 1.17. The molecule has 0 N–H and O–H groups in total. The topological polar surface area (TPSA) is 59.8 Å². The summed E-state index contributed by atoms with van der Waals surface area (Å²) in [5.74, 6) is -1.45. The van der Waals surface area contributed by atoms with Crippen molar-refractivity contribution >= 4 is 11.5 Å². The van der Waals surface area contributed by atoms with Gasteiger partial charge >= 0.3 is 0 Å². The van der Waals surface area contributed by atoms with Crippen molar-refractivity contribution in [3.63, 3.8) is 0 Å². The van der Waals surface area contributed by atoms with E-state index in [1.54, 1.807) is 18.1 Å². The SMILES string of the molecule is COC[C@H](C)Oc1ccc2c(c1)C(c1cc(N3CCC(F)(F)C3)ncn1)=NC2. The van der Waals surface area contributed by atoms with Crippen molar-refractivity contribution in [2.24, 2.45) is 4.99 Å². The molecule has 0 aliphatic carbocycles. The van der Waals surface area contributed by atoms with Gasteiger partial charge < -0.3 is 14.4 Å².